The van der Waals surface area contributed by atoms with Gasteiger partial charge in [0.15, 0.2) is 0 Å². The van der Waals surface area contributed by atoms with E-state index in [2.05, 4.69) is 17.5 Å². The van der Waals surface area contributed by atoms with Crippen LogP contribution < -0.4 is 14.5 Å². The summed E-state index contributed by atoms with van der Waals surface area (Å²) in [5, 5.41) is 9.51. The van der Waals surface area contributed by atoms with E-state index in [-0.39, 0.29) is 53.1 Å². The first-order valence-corrected chi connectivity index (χ1v) is 15.1. The predicted molar refractivity (Wildman–Crippen MR) is 162 cm³/mol. The van der Waals surface area contributed by atoms with Crippen LogP contribution in [0, 0.1) is 16.7 Å². The van der Waals surface area contributed by atoms with E-state index in [0.717, 1.165) is 31.0 Å². The third-order valence-corrected chi connectivity index (χ3v) is 8.97. The van der Waals surface area contributed by atoms with Gasteiger partial charge >= 0.3 is 12.2 Å². The van der Waals surface area contributed by atoms with Crippen molar-refractivity contribution in [3.8, 4) is 12.1 Å². The van der Waals surface area contributed by atoms with Crippen LogP contribution in [0.5, 0.6) is 6.01 Å². The molecule has 5 rings (SSSR count). The molecule has 3 aliphatic rings. The topological polar surface area (TPSA) is 88.8 Å². The zero-order valence-electron chi connectivity index (χ0n) is 25.2. The smallest absolute Gasteiger partial charge is 0.418 e. The fourth-order valence-corrected chi connectivity index (χ4v) is 6.65. The maximum atomic E-state index is 14.1. The van der Waals surface area contributed by atoms with Crippen molar-refractivity contribution in [1.82, 2.24) is 19.8 Å². The average Bonchev–Trinajstić information content (AvgIpc) is 3.73. The molecule has 9 nitrogen and oxygen atoms in total. The van der Waals surface area contributed by atoms with Gasteiger partial charge in [-0.05, 0) is 58.5 Å². The van der Waals surface area contributed by atoms with Crippen LogP contribution >= 0.6 is 11.6 Å². The van der Waals surface area contributed by atoms with E-state index in [0.29, 0.717) is 44.2 Å². The minimum absolute atomic E-state index is 0.0111. The molecule has 1 aromatic heterocycles. The van der Waals surface area contributed by atoms with Crippen LogP contribution in [-0.2, 0) is 23.9 Å². The number of fused-ring (bicyclic) bond motifs is 1. The van der Waals surface area contributed by atoms with Crippen molar-refractivity contribution < 1.29 is 22.7 Å². The van der Waals surface area contributed by atoms with Gasteiger partial charge in [-0.2, -0.15) is 28.4 Å². The highest BCUT2D eigenvalue weighted by Gasteiger charge is 2.44. The lowest BCUT2D eigenvalue weighted by Crippen LogP contribution is -2.55. The van der Waals surface area contributed by atoms with Gasteiger partial charge in [0.1, 0.15) is 5.82 Å². The minimum Gasteiger partial charge on any atom is -0.463 e. The second kappa shape index (κ2) is 12.4. The van der Waals surface area contributed by atoms with E-state index < -0.39 is 11.7 Å². The fraction of sp³-hybridized carbons (Fsp3) is 0.548. The zero-order valence-corrected chi connectivity index (χ0v) is 26.0. The molecule has 1 amide bonds. The van der Waals surface area contributed by atoms with Crippen LogP contribution in [-0.4, -0.2) is 84.6 Å². The monoisotopic (exact) mass is 631 g/mol. The average molecular weight is 632 g/mol. The van der Waals surface area contributed by atoms with Gasteiger partial charge in [0.05, 0.1) is 53.7 Å². The summed E-state index contributed by atoms with van der Waals surface area (Å²) in [6.45, 7) is 8.00. The number of amides is 1. The van der Waals surface area contributed by atoms with Crippen molar-refractivity contribution in [3.63, 3.8) is 0 Å². The standard InChI is InChI=1S/C31H37ClF3N7O2/c1-5-26(43)41-14-13-40(16-21(41)9-12-36)28-22-15-20(2)42(27-23(31(33,34)35)7-6-8-24(27)32)17-25(22)37-29(38-28)44-19-30(10-11-30)18-39(3)4/h5-8,20-21H,1,9-11,13-19H2,2-4H3/t20?,21-/m0/s1. The van der Waals surface area contributed by atoms with Crippen LogP contribution in [0.4, 0.5) is 24.7 Å². The van der Waals surface area contributed by atoms with Gasteiger partial charge in [-0.1, -0.05) is 24.2 Å². The number of nitrogens with zero attached hydrogens (tertiary/aromatic N) is 7. The lowest BCUT2D eigenvalue weighted by Gasteiger charge is -2.43. The van der Waals surface area contributed by atoms with E-state index in [4.69, 9.17) is 26.3 Å². The van der Waals surface area contributed by atoms with Crippen LogP contribution in [0.3, 0.4) is 0 Å². The van der Waals surface area contributed by atoms with Crippen molar-refractivity contribution in [3.05, 3.63) is 52.7 Å². The number of aromatic nitrogens is 2. The highest BCUT2D eigenvalue weighted by Crippen LogP contribution is 2.47. The number of hydrogen-bond acceptors (Lipinski definition) is 8. The molecule has 2 aliphatic heterocycles. The molecule has 2 aromatic rings. The van der Waals surface area contributed by atoms with Crippen LogP contribution in [0.15, 0.2) is 30.9 Å². The number of halogens is 4. The third kappa shape index (κ3) is 6.59. The Labute approximate surface area is 260 Å². The Morgan fingerprint density at radius 3 is 2.68 bits per heavy atom. The van der Waals surface area contributed by atoms with Gasteiger partial charge in [0.2, 0.25) is 5.91 Å². The molecule has 1 saturated heterocycles. The third-order valence-electron chi connectivity index (χ3n) is 8.66. The number of carbonyl (C=O) groups is 1. The fourth-order valence-electron chi connectivity index (χ4n) is 6.37. The van der Waals surface area contributed by atoms with E-state index in [1.165, 1.54) is 18.2 Å². The van der Waals surface area contributed by atoms with Crippen LogP contribution in [0.1, 0.15) is 43.0 Å². The molecule has 1 unspecified atom stereocenters. The van der Waals surface area contributed by atoms with Gasteiger partial charge in [-0.15, -0.1) is 0 Å². The first kappa shape index (κ1) is 31.9. The summed E-state index contributed by atoms with van der Waals surface area (Å²) in [7, 11) is 4.03. The second-order valence-electron chi connectivity index (χ2n) is 12.3. The quantitative estimate of drug-likeness (QED) is 0.360. The number of rotatable bonds is 9. The Hall–Kier alpha value is -3.56. The number of alkyl halides is 3. The van der Waals surface area contributed by atoms with Gasteiger partial charge in [0.25, 0.3) is 0 Å². The maximum absolute atomic E-state index is 14.1. The van der Waals surface area contributed by atoms with Crippen molar-refractivity contribution in [2.24, 2.45) is 5.41 Å². The molecule has 2 fully saturated rings. The van der Waals surface area contributed by atoms with Gasteiger partial charge in [0, 0.05) is 43.2 Å². The largest absolute Gasteiger partial charge is 0.463 e. The van der Waals surface area contributed by atoms with Crippen LogP contribution in [0.25, 0.3) is 0 Å². The first-order chi connectivity index (χ1) is 20.9. The van der Waals surface area contributed by atoms with Gasteiger partial charge < -0.3 is 24.3 Å². The SMILES string of the molecule is C=CC(=O)N1CCN(c2nc(OCC3(CN(C)C)CC3)nc3c2CC(C)N(c2c(Cl)cccc2C(F)(F)F)C3)C[C@@H]1CC#N. The van der Waals surface area contributed by atoms with Gasteiger partial charge in [-0.3, -0.25) is 4.79 Å². The molecule has 1 aromatic carbocycles. The highest BCUT2D eigenvalue weighted by molar-refractivity contribution is 6.33. The Morgan fingerprint density at radius 1 is 1.30 bits per heavy atom. The van der Waals surface area contributed by atoms with Crippen molar-refractivity contribution in [2.45, 2.75) is 57.4 Å². The Morgan fingerprint density at radius 2 is 2.05 bits per heavy atom. The maximum Gasteiger partial charge on any atom is 0.418 e. The molecule has 0 radical (unpaired) electrons. The van der Waals surface area contributed by atoms with Crippen LogP contribution in [0.2, 0.25) is 5.02 Å². The second-order valence-corrected chi connectivity index (χ2v) is 12.7. The predicted octanol–water partition coefficient (Wildman–Crippen LogP) is 4.94. The summed E-state index contributed by atoms with van der Waals surface area (Å²) in [4.78, 5) is 29.6. The van der Waals surface area contributed by atoms with Gasteiger partial charge in [-0.25, -0.2) is 0 Å². The minimum atomic E-state index is -4.59. The lowest BCUT2D eigenvalue weighted by molar-refractivity contribution is -0.137. The number of carbonyl (C=O) groups excluding carboxylic acids is 1. The molecule has 0 spiro atoms. The van der Waals surface area contributed by atoms with E-state index in [1.807, 2.05) is 25.9 Å². The molecule has 1 aliphatic carbocycles. The first-order valence-electron chi connectivity index (χ1n) is 14.7. The molecule has 2 atom stereocenters. The Bertz CT molecular complexity index is 1460. The number of piperazine rings is 1. The summed E-state index contributed by atoms with van der Waals surface area (Å²) in [5.41, 5.74) is 0.520. The molecule has 0 N–H and O–H groups in total. The van der Waals surface area contributed by atoms with Crippen molar-refractivity contribution >= 4 is 29.0 Å². The van der Waals surface area contributed by atoms with E-state index in [1.54, 1.807) is 9.80 Å². The normalized spacial score (nSPS) is 21.1. The number of anilines is 2. The number of para-hydroxylation sites is 1. The number of nitriles is 1. The summed E-state index contributed by atoms with van der Waals surface area (Å²) in [6.07, 6.45) is -0.787. The number of ether oxygens (including phenoxy) is 1. The molecule has 0 bridgehead atoms. The number of hydrogen-bond donors (Lipinski definition) is 0. The summed E-state index contributed by atoms with van der Waals surface area (Å²) in [6, 6.07) is 5.42. The lowest BCUT2D eigenvalue weighted by atomic mass is 9.96. The summed E-state index contributed by atoms with van der Waals surface area (Å²) in [5.74, 6) is 0.386. The molecular weight excluding hydrogens is 595 g/mol. The van der Waals surface area contributed by atoms with Crippen molar-refractivity contribution in [1.29, 1.82) is 5.26 Å². The molecule has 1 saturated carbocycles. The summed E-state index contributed by atoms with van der Waals surface area (Å²) < 4.78 is 48.5. The molecule has 44 heavy (non-hydrogen) atoms. The molecule has 3 heterocycles. The number of benzene rings is 1. The molecule has 13 heteroatoms. The molecular formula is C31H37ClF3N7O2. The zero-order chi connectivity index (χ0) is 31.8. The Kier molecular flexibility index (Phi) is 9.01. The van der Waals surface area contributed by atoms with E-state index >= 15 is 0 Å². The van der Waals surface area contributed by atoms with Crippen molar-refractivity contribution in [2.75, 3.05) is 56.7 Å². The van der Waals surface area contributed by atoms with E-state index in [9.17, 15) is 23.2 Å². The summed E-state index contributed by atoms with van der Waals surface area (Å²) >= 11 is 6.41. The molecule has 236 valence electrons. The highest BCUT2D eigenvalue weighted by atomic mass is 35.5. The Balaban J connectivity index is 1.53.